The summed E-state index contributed by atoms with van der Waals surface area (Å²) in [5, 5.41) is 5.21. The molecule has 0 bridgehead atoms. The quantitative estimate of drug-likeness (QED) is 0.591. The van der Waals surface area contributed by atoms with Gasteiger partial charge in [0.25, 0.3) is 0 Å². The number of nitrogens with one attached hydrogen (secondary N) is 1. The Morgan fingerprint density at radius 2 is 2.10 bits per heavy atom. The molecule has 0 radical (unpaired) electrons. The highest BCUT2D eigenvalue weighted by Crippen LogP contribution is 2.27. The summed E-state index contributed by atoms with van der Waals surface area (Å²) in [6, 6.07) is 7.64. The first kappa shape index (κ1) is 12.5. The molecule has 3 aromatic rings. The number of aldehydes is 1. The number of rotatable bonds is 3. The Morgan fingerprint density at radius 3 is 2.95 bits per heavy atom. The number of halogens is 1. The van der Waals surface area contributed by atoms with Crippen molar-refractivity contribution in [1.82, 2.24) is 15.0 Å². The van der Waals surface area contributed by atoms with Crippen molar-refractivity contribution in [2.75, 3.05) is 5.32 Å². The summed E-state index contributed by atoms with van der Waals surface area (Å²) in [6.07, 6.45) is 5.43. The van der Waals surface area contributed by atoms with E-state index in [2.05, 4.69) is 20.3 Å². The van der Waals surface area contributed by atoms with Crippen molar-refractivity contribution in [3.8, 4) is 0 Å². The Hall–Kier alpha value is -2.53. The first-order valence-corrected chi connectivity index (χ1v) is 6.23. The standard InChI is InChI=1S/C14H9ClN4O/c15-13-11(7-20)14(18-8-17-13)19-12-3-1-2-9-6-16-5-4-10(9)12/h1-8H,(H,17,18,19). The van der Waals surface area contributed by atoms with Crippen LogP contribution in [0.2, 0.25) is 5.15 Å². The minimum Gasteiger partial charge on any atom is -0.339 e. The minimum absolute atomic E-state index is 0.124. The van der Waals surface area contributed by atoms with Crippen molar-refractivity contribution in [3.05, 3.63) is 53.7 Å². The van der Waals surface area contributed by atoms with Gasteiger partial charge in [-0.1, -0.05) is 23.7 Å². The van der Waals surface area contributed by atoms with Gasteiger partial charge in [0.15, 0.2) is 6.29 Å². The fourth-order valence-corrected chi connectivity index (χ4v) is 2.11. The molecule has 0 aliphatic rings. The molecule has 20 heavy (non-hydrogen) atoms. The van der Waals surface area contributed by atoms with Crippen LogP contribution < -0.4 is 5.32 Å². The Kier molecular flexibility index (Phi) is 3.26. The molecule has 2 aromatic heterocycles. The normalized spacial score (nSPS) is 10.4. The molecule has 1 N–H and O–H groups in total. The van der Waals surface area contributed by atoms with E-state index in [1.807, 2.05) is 24.3 Å². The van der Waals surface area contributed by atoms with Crippen LogP contribution in [0.1, 0.15) is 10.4 Å². The van der Waals surface area contributed by atoms with E-state index in [1.54, 1.807) is 12.4 Å². The lowest BCUT2D eigenvalue weighted by molar-refractivity contribution is 0.112. The van der Waals surface area contributed by atoms with Crippen LogP contribution in [0.25, 0.3) is 10.8 Å². The molecule has 0 fully saturated rings. The van der Waals surface area contributed by atoms with Crippen molar-refractivity contribution in [2.45, 2.75) is 0 Å². The molecule has 0 unspecified atom stereocenters. The van der Waals surface area contributed by atoms with Crippen LogP contribution in [0, 0.1) is 0 Å². The van der Waals surface area contributed by atoms with Crippen molar-refractivity contribution in [3.63, 3.8) is 0 Å². The van der Waals surface area contributed by atoms with Crippen molar-refractivity contribution in [1.29, 1.82) is 0 Å². The second-order valence-electron chi connectivity index (χ2n) is 4.07. The van der Waals surface area contributed by atoms with Crippen molar-refractivity contribution < 1.29 is 4.79 Å². The molecular weight excluding hydrogens is 276 g/mol. The molecule has 0 amide bonds. The van der Waals surface area contributed by atoms with Crippen LogP contribution in [0.5, 0.6) is 0 Å². The van der Waals surface area contributed by atoms with Crippen LogP contribution in [0.15, 0.2) is 43.0 Å². The maximum Gasteiger partial charge on any atom is 0.156 e. The number of hydrogen-bond acceptors (Lipinski definition) is 5. The van der Waals surface area contributed by atoms with E-state index in [4.69, 9.17) is 11.6 Å². The first-order valence-electron chi connectivity index (χ1n) is 5.85. The zero-order valence-electron chi connectivity index (χ0n) is 10.2. The summed E-state index contributed by atoms with van der Waals surface area (Å²) >= 11 is 5.88. The topological polar surface area (TPSA) is 67.8 Å². The van der Waals surface area contributed by atoms with Crippen LogP contribution in [0.4, 0.5) is 11.5 Å². The van der Waals surface area contributed by atoms with Gasteiger partial charge < -0.3 is 5.32 Å². The highest BCUT2D eigenvalue weighted by atomic mass is 35.5. The molecule has 3 rings (SSSR count). The molecule has 6 heteroatoms. The summed E-state index contributed by atoms with van der Waals surface area (Å²) < 4.78 is 0. The average Bonchev–Trinajstić information content (AvgIpc) is 2.48. The van der Waals surface area contributed by atoms with E-state index in [1.165, 1.54) is 6.33 Å². The van der Waals surface area contributed by atoms with Crippen LogP contribution in [-0.2, 0) is 0 Å². The summed E-state index contributed by atoms with van der Waals surface area (Å²) in [5.41, 5.74) is 1.06. The zero-order valence-corrected chi connectivity index (χ0v) is 11.0. The summed E-state index contributed by atoms with van der Waals surface area (Å²) in [5.74, 6) is 0.379. The van der Waals surface area contributed by atoms with Gasteiger partial charge in [0.2, 0.25) is 0 Å². The number of aromatic nitrogens is 3. The molecule has 0 atom stereocenters. The molecule has 0 aliphatic heterocycles. The maximum absolute atomic E-state index is 11.1. The first-order chi connectivity index (χ1) is 9.79. The van der Waals surface area contributed by atoms with Gasteiger partial charge in [0, 0.05) is 28.9 Å². The monoisotopic (exact) mass is 284 g/mol. The number of hydrogen-bond donors (Lipinski definition) is 1. The molecule has 0 aliphatic carbocycles. The van der Waals surface area contributed by atoms with E-state index in [0.29, 0.717) is 12.1 Å². The Labute approximate surface area is 119 Å². The van der Waals surface area contributed by atoms with E-state index in [-0.39, 0.29) is 10.7 Å². The van der Waals surface area contributed by atoms with E-state index < -0.39 is 0 Å². The van der Waals surface area contributed by atoms with Crippen LogP contribution in [-0.4, -0.2) is 21.2 Å². The highest BCUT2D eigenvalue weighted by Gasteiger charge is 2.10. The lowest BCUT2D eigenvalue weighted by atomic mass is 10.1. The fraction of sp³-hybridized carbons (Fsp3) is 0. The van der Waals surface area contributed by atoms with Gasteiger partial charge in [-0.2, -0.15) is 0 Å². The van der Waals surface area contributed by atoms with Gasteiger partial charge in [-0.05, 0) is 12.1 Å². The molecule has 1 aromatic carbocycles. The van der Waals surface area contributed by atoms with E-state index >= 15 is 0 Å². The predicted octanol–water partition coefficient (Wildman–Crippen LogP) is 3.23. The molecule has 0 saturated heterocycles. The van der Waals surface area contributed by atoms with Crippen LogP contribution in [0.3, 0.4) is 0 Å². The number of carbonyl (C=O) groups is 1. The number of fused-ring (bicyclic) bond motifs is 1. The zero-order chi connectivity index (χ0) is 13.9. The second-order valence-corrected chi connectivity index (χ2v) is 4.43. The highest BCUT2D eigenvalue weighted by molar-refractivity contribution is 6.32. The Balaban J connectivity index is 2.10. The lowest BCUT2D eigenvalue weighted by Gasteiger charge is -2.10. The van der Waals surface area contributed by atoms with Crippen molar-refractivity contribution >= 4 is 40.2 Å². The third kappa shape index (κ3) is 2.19. The smallest absolute Gasteiger partial charge is 0.156 e. The molecular formula is C14H9ClN4O. The molecule has 0 spiro atoms. The van der Waals surface area contributed by atoms with Crippen LogP contribution >= 0.6 is 11.6 Å². The lowest BCUT2D eigenvalue weighted by Crippen LogP contribution is -2.01. The van der Waals surface area contributed by atoms with Gasteiger partial charge in [0.1, 0.15) is 17.3 Å². The SMILES string of the molecule is O=Cc1c(Cl)ncnc1Nc1cccc2cnccc12. The van der Waals surface area contributed by atoms with E-state index in [9.17, 15) is 4.79 Å². The maximum atomic E-state index is 11.1. The average molecular weight is 285 g/mol. The van der Waals surface area contributed by atoms with Crippen molar-refractivity contribution in [2.24, 2.45) is 0 Å². The molecule has 5 nitrogen and oxygen atoms in total. The number of carbonyl (C=O) groups excluding carboxylic acids is 1. The predicted molar refractivity (Wildman–Crippen MR) is 77.5 cm³/mol. The Morgan fingerprint density at radius 1 is 1.20 bits per heavy atom. The summed E-state index contributed by atoms with van der Waals surface area (Å²) in [4.78, 5) is 23.0. The van der Waals surface area contributed by atoms with Gasteiger partial charge in [-0.3, -0.25) is 9.78 Å². The Bertz CT molecular complexity index is 786. The number of nitrogens with zero attached hydrogens (tertiary/aromatic N) is 3. The van der Waals surface area contributed by atoms with Gasteiger partial charge in [-0.15, -0.1) is 0 Å². The summed E-state index contributed by atoms with van der Waals surface area (Å²) in [7, 11) is 0. The van der Waals surface area contributed by atoms with E-state index in [0.717, 1.165) is 16.5 Å². The summed E-state index contributed by atoms with van der Waals surface area (Å²) in [6.45, 7) is 0. The fourth-order valence-electron chi connectivity index (χ4n) is 1.94. The second kappa shape index (κ2) is 5.22. The minimum atomic E-state index is 0.124. The number of anilines is 2. The molecule has 0 saturated carbocycles. The third-order valence-corrected chi connectivity index (χ3v) is 3.19. The third-order valence-electron chi connectivity index (χ3n) is 2.89. The van der Waals surface area contributed by atoms with Gasteiger partial charge >= 0.3 is 0 Å². The number of benzene rings is 1. The molecule has 98 valence electrons. The molecule has 2 heterocycles. The largest absolute Gasteiger partial charge is 0.339 e. The van der Waals surface area contributed by atoms with Gasteiger partial charge in [0.05, 0.1) is 5.56 Å². The number of pyridine rings is 1. The van der Waals surface area contributed by atoms with Gasteiger partial charge in [-0.25, -0.2) is 9.97 Å².